The maximum absolute atomic E-state index is 14.8. The van der Waals surface area contributed by atoms with Crippen molar-refractivity contribution in [3.8, 4) is 0 Å². The molecule has 0 spiro atoms. The van der Waals surface area contributed by atoms with Gasteiger partial charge >= 0.3 is 5.97 Å². The Hall–Kier alpha value is -4.18. The van der Waals surface area contributed by atoms with E-state index in [2.05, 4.69) is 0 Å². The van der Waals surface area contributed by atoms with Gasteiger partial charge in [-0.25, -0.2) is 4.79 Å². The van der Waals surface area contributed by atoms with Crippen LogP contribution in [0, 0.1) is 0 Å². The maximum Gasteiger partial charge on any atom is 0.329 e. The molecule has 0 aromatic heterocycles. The third-order valence-electron chi connectivity index (χ3n) is 6.95. The quantitative estimate of drug-likeness (QED) is 0.252. The number of carbonyl (C=O) groups excluding carboxylic acids is 2. The Morgan fingerprint density at radius 1 is 0.694 bits per heavy atom. The highest BCUT2D eigenvalue weighted by atomic mass is 16.5. The van der Waals surface area contributed by atoms with Gasteiger partial charge in [-0.05, 0) is 35.1 Å². The van der Waals surface area contributed by atoms with Crippen LogP contribution in [0.5, 0.6) is 0 Å². The van der Waals surface area contributed by atoms with Gasteiger partial charge < -0.3 is 9.64 Å². The van der Waals surface area contributed by atoms with Gasteiger partial charge in [0.15, 0.2) is 0 Å². The van der Waals surface area contributed by atoms with Crippen molar-refractivity contribution in [2.45, 2.75) is 30.9 Å². The van der Waals surface area contributed by atoms with E-state index in [0.717, 1.165) is 28.7 Å². The van der Waals surface area contributed by atoms with E-state index in [0.29, 0.717) is 13.0 Å². The molecular formula is C32H29NO3. The van der Waals surface area contributed by atoms with Crippen LogP contribution in [0.2, 0.25) is 0 Å². The van der Waals surface area contributed by atoms with E-state index in [4.69, 9.17) is 4.74 Å². The van der Waals surface area contributed by atoms with E-state index >= 15 is 0 Å². The Morgan fingerprint density at radius 3 is 1.61 bits per heavy atom. The number of hydrogen-bond donors (Lipinski definition) is 0. The van der Waals surface area contributed by atoms with Crippen molar-refractivity contribution in [2.24, 2.45) is 0 Å². The number of nitrogens with zero attached hydrogens (tertiary/aromatic N) is 1. The lowest BCUT2D eigenvalue weighted by Crippen LogP contribution is -2.52. The van der Waals surface area contributed by atoms with Crippen molar-refractivity contribution in [1.29, 1.82) is 0 Å². The molecule has 1 fully saturated rings. The van der Waals surface area contributed by atoms with Crippen LogP contribution < -0.4 is 0 Å². The van der Waals surface area contributed by atoms with Gasteiger partial charge in [0.2, 0.25) is 5.91 Å². The van der Waals surface area contributed by atoms with Gasteiger partial charge in [-0.1, -0.05) is 121 Å². The molecule has 0 unspecified atom stereocenters. The Labute approximate surface area is 212 Å². The molecule has 1 saturated heterocycles. The molecule has 0 saturated carbocycles. The van der Waals surface area contributed by atoms with Gasteiger partial charge in [-0.2, -0.15) is 0 Å². The summed E-state index contributed by atoms with van der Waals surface area (Å²) in [7, 11) is 0. The van der Waals surface area contributed by atoms with Gasteiger partial charge in [0, 0.05) is 6.54 Å². The summed E-state index contributed by atoms with van der Waals surface area (Å²) in [5.41, 5.74) is 2.45. The summed E-state index contributed by atoms with van der Waals surface area (Å²) in [6, 6.07) is 38.6. The molecule has 0 aliphatic carbocycles. The van der Waals surface area contributed by atoms with Crippen LogP contribution in [0.15, 0.2) is 121 Å². The zero-order valence-corrected chi connectivity index (χ0v) is 20.1. The van der Waals surface area contributed by atoms with Crippen LogP contribution in [0.4, 0.5) is 0 Å². The Bertz CT molecular complexity index is 1190. The number of ether oxygens (including phenoxy) is 1. The van der Waals surface area contributed by atoms with Crippen molar-refractivity contribution in [1.82, 2.24) is 4.90 Å². The molecule has 5 rings (SSSR count). The van der Waals surface area contributed by atoms with Gasteiger partial charge in [-0.15, -0.1) is 0 Å². The molecule has 1 aliphatic rings. The molecule has 180 valence electrons. The van der Waals surface area contributed by atoms with E-state index in [-0.39, 0.29) is 18.5 Å². The molecule has 1 aliphatic heterocycles. The van der Waals surface area contributed by atoms with Crippen molar-refractivity contribution >= 4 is 11.9 Å². The molecule has 36 heavy (non-hydrogen) atoms. The van der Waals surface area contributed by atoms with Crippen LogP contribution >= 0.6 is 0 Å². The number of amides is 1. The largest absolute Gasteiger partial charge is 0.459 e. The summed E-state index contributed by atoms with van der Waals surface area (Å²) < 4.78 is 5.69. The lowest BCUT2D eigenvalue weighted by atomic mass is 9.68. The van der Waals surface area contributed by atoms with E-state index in [1.807, 2.05) is 121 Å². The fourth-order valence-corrected chi connectivity index (χ4v) is 5.23. The Balaban J connectivity index is 1.56. The summed E-state index contributed by atoms with van der Waals surface area (Å²) in [5.74, 6) is -0.460. The smallest absolute Gasteiger partial charge is 0.329 e. The van der Waals surface area contributed by atoms with E-state index in [1.54, 1.807) is 4.90 Å². The number of carbonyl (C=O) groups is 2. The Morgan fingerprint density at radius 2 is 1.14 bits per heavy atom. The molecule has 4 heteroatoms. The molecule has 4 aromatic rings. The molecule has 4 aromatic carbocycles. The molecule has 1 heterocycles. The minimum absolute atomic E-state index is 0.106. The second-order valence-electron chi connectivity index (χ2n) is 9.10. The number of rotatable bonds is 7. The van der Waals surface area contributed by atoms with Crippen molar-refractivity contribution < 1.29 is 14.3 Å². The first-order valence-corrected chi connectivity index (χ1v) is 12.4. The zero-order chi connectivity index (χ0) is 24.8. The molecule has 0 radical (unpaired) electrons. The van der Waals surface area contributed by atoms with Crippen LogP contribution in [0.25, 0.3) is 0 Å². The van der Waals surface area contributed by atoms with E-state index in [9.17, 15) is 9.59 Å². The fraction of sp³-hybridized carbons (Fsp3) is 0.188. The van der Waals surface area contributed by atoms with Crippen LogP contribution in [0.1, 0.15) is 35.1 Å². The predicted octanol–water partition coefficient (Wildman–Crippen LogP) is 5.76. The summed E-state index contributed by atoms with van der Waals surface area (Å²) in [6.45, 7) is 0.706. The monoisotopic (exact) mass is 475 g/mol. The van der Waals surface area contributed by atoms with Gasteiger partial charge in [-0.3, -0.25) is 4.79 Å². The summed E-state index contributed by atoms with van der Waals surface area (Å²) in [6.07, 6.45) is 1.35. The SMILES string of the molecule is O=C(OCc1ccccc1)[C@@H]1CCCN1C(=O)C(c1ccccc1)(c1ccccc1)c1ccccc1. The highest BCUT2D eigenvalue weighted by molar-refractivity contribution is 5.98. The van der Waals surface area contributed by atoms with E-state index < -0.39 is 11.5 Å². The number of esters is 1. The summed E-state index contributed by atoms with van der Waals surface area (Å²) >= 11 is 0. The van der Waals surface area contributed by atoms with Crippen molar-refractivity contribution in [2.75, 3.05) is 6.54 Å². The number of benzene rings is 4. The molecule has 0 N–H and O–H groups in total. The lowest BCUT2D eigenvalue weighted by Gasteiger charge is -2.39. The molecule has 1 amide bonds. The maximum atomic E-state index is 14.8. The summed E-state index contributed by atoms with van der Waals surface area (Å²) in [5, 5.41) is 0. The first-order chi connectivity index (χ1) is 17.7. The minimum Gasteiger partial charge on any atom is -0.459 e. The van der Waals surface area contributed by atoms with E-state index in [1.165, 1.54) is 0 Å². The first kappa shape index (κ1) is 23.6. The number of hydrogen-bond acceptors (Lipinski definition) is 3. The van der Waals surface area contributed by atoms with Crippen LogP contribution in [0.3, 0.4) is 0 Å². The molecule has 1 atom stereocenters. The normalized spacial score (nSPS) is 15.4. The predicted molar refractivity (Wildman–Crippen MR) is 140 cm³/mol. The third kappa shape index (κ3) is 4.42. The second kappa shape index (κ2) is 10.6. The zero-order valence-electron chi connectivity index (χ0n) is 20.1. The average Bonchev–Trinajstić information content (AvgIpc) is 3.45. The molecular weight excluding hydrogens is 446 g/mol. The summed E-state index contributed by atoms with van der Waals surface area (Å²) in [4.78, 5) is 29.8. The lowest BCUT2D eigenvalue weighted by molar-refractivity contribution is -0.155. The van der Waals surface area contributed by atoms with Gasteiger partial charge in [0.05, 0.1) is 0 Å². The van der Waals surface area contributed by atoms with Crippen LogP contribution in [-0.2, 0) is 26.3 Å². The topological polar surface area (TPSA) is 46.6 Å². The highest BCUT2D eigenvalue weighted by Crippen LogP contribution is 2.42. The van der Waals surface area contributed by atoms with Crippen molar-refractivity contribution in [3.05, 3.63) is 144 Å². The third-order valence-corrected chi connectivity index (χ3v) is 6.95. The fourth-order valence-electron chi connectivity index (χ4n) is 5.23. The molecule has 0 bridgehead atoms. The van der Waals surface area contributed by atoms with Crippen molar-refractivity contribution in [3.63, 3.8) is 0 Å². The van der Waals surface area contributed by atoms with Gasteiger partial charge in [0.1, 0.15) is 18.1 Å². The number of likely N-dealkylation sites (tertiary alicyclic amines) is 1. The van der Waals surface area contributed by atoms with Crippen LogP contribution in [-0.4, -0.2) is 29.4 Å². The second-order valence-corrected chi connectivity index (χ2v) is 9.10. The Kier molecular flexibility index (Phi) is 6.94. The first-order valence-electron chi connectivity index (χ1n) is 12.4. The minimum atomic E-state index is -1.09. The van der Waals surface area contributed by atoms with Gasteiger partial charge in [0.25, 0.3) is 0 Å². The standard InChI is InChI=1S/C32H29NO3/c34-30(36-24-25-14-5-1-6-15-25)29-22-13-23-33(29)31(35)32(26-16-7-2-8-17-26,27-18-9-3-10-19-27)28-20-11-4-12-21-28/h1-12,14-21,29H,13,22-24H2/t29-/m0/s1. The highest BCUT2D eigenvalue weighted by Gasteiger charge is 2.49. The molecule has 4 nitrogen and oxygen atoms in total. The average molecular weight is 476 g/mol.